The Kier molecular flexibility index (Phi) is 7.00. The molecule has 0 spiro atoms. The van der Waals surface area contributed by atoms with Gasteiger partial charge in [0, 0.05) is 36.0 Å². The van der Waals surface area contributed by atoms with Crippen molar-refractivity contribution in [3.8, 4) is 17.2 Å². The Morgan fingerprint density at radius 2 is 1.88 bits per heavy atom. The maximum absolute atomic E-state index is 12.9. The number of carbonyl (C=O) groups is 4. The van der Waals surface area contributed by atoms with Crippen LogP contribution in [0.1, 0.15) is 53.7 Å². The van der Waals surface area contributed by atoms with Crippen molar-refractivity contribution >= 4 is 41.0 Å². The van der Waals surface area contributed by atoms with E-state index in [0.717, 1.165) is 16.7 Å². The van der Waals surface area contributed by atoms with Gasteiger partial charge in [-0.25, -0.2) is 9.78 Å². The first kappa shape index (κ1) is 26.8. The van der Waals surface area contributed by atoms with Gasteiger partial charge < -0.3 is 15.5 Å². The van der Waals surface area contributed by atoms with Crippen LogP contribution in [0.25, 0.3) is 11.1 Å². The number of fused-ring (bicyclic) bond motifs is 1. The van der Waals surface area contributed by atoms with Crippen LogP contribution in [-0.2, 0) is 21.7 Å². The van der Waals surface area contributed by atoms with Crippen molar-refractivity contribution in [1.82, 2.24) is 20.5 Å². The summed E-state index contributed by atoms with van der Waals surface area (Å²) in [6, 6.07) is 15.1. The largest absolute Gasteiger partial charge is 0.329 e. The zero-order valence-corrected chi connectivity index (χ0v) is 22.5. The standard InChI is InChI=1S/C29H25ClN6O4/c1-29(2,20-5-3-16(4-6-20)18-11-17(13-31)25(30)32-14-18)35-28(40)33-21-7-8-22-19(12-21)15-36(27(22)39)23-9-10-24(37)34-26(23)38/h3-8,11-12,14,23H,9-10,15H2,1-2H3,(H2,33,35,40)(H,34,37,38). The number of carbonyl (C=O) groups excluding carboxylic acids is 4. The van der Waals surface area contributed by atoms with Gasteiger partial charge in [0.15, 0.2) is 0 Å². The molecule has 10 nitrogen and oxygen atoms in total. The minimum absolute atomic E-state index is 0.154. The number of hydrogen-bond donors (Lipinski definition) is 3. The van der Waals surface area contributed by atoms with Gasteiger partial charge in [0.2, 0.25) is 11.8 Å². The van der Waals surface area contributed by atoms with Crippen molar-refractivity contribution in [2.75, 3.05) is 5.32 Å². The molecule has 0 radical (unpaired) electrons. The Labute approximate surface area is 235 Å². The lowest BCUT2D eigenvalue weighted by atomic mass is 9.92. The van der Waals surface area contributed by atoms with Gasteiger partial charge in [0.25, 0.3) is 5.91 Å². The molecule has 2 aromatic carbocycles. The predicted octanol–water partition coefficient (Wildman–Crippen LogP) is 4.09. The lowest BCUT2D eigenvalue weighted by Gasteiger charge is -2.29. The van der Waals surface area contributed by atoms with Crippen molar-refractivity contribution in [2.24, 2.45) is 0 Å². The Balaban J connectivity index is 1.24. The fourth-order valence-corrected chi connectivity index (χ4v) is 5.08. The topological polar surface area (TPSA) is 144 Å². The molecule has 5 amide bonds. The van der Waals surface area contributed by atoms with Gasteiger partial charge in [0.05, 0.1) is 11.1 Å². The van der Waals surface area contributed by atoms with Gasteiger partial charge in [-0.2, -0.15) is 5.26 Å². The molecule has 1 aromatic heterocycles. The number of benzene rings is 2. The third-order valence-corrected chi connectivity index (χ3v) is 7.41. The number of pyridine rings is 1. The summed E-state index contributed by atoms with van der Waals surface area (Å²) in [6.07, 6.45) is 2.07. The minimum atomic E-state index is -0.728. The number of anilines is 1. The quantitative estimate of drug-likeness (QED) is 0.319. The molecule has 3 heterocycles. The molecule has 3 aromatic rings. The van der Waals surface area contributed by atoms with Crippen LogP contribution in [0.5, 0.6) is 0 Å². The Morgan fingerprint density at radius 3 is 2.58 bits per heavy atom. The maximum atomic E-state index is 12.9. The number of piperidine rings is 1. The van der Waals surface area contributed by atoms with Gasteiger partial charge in [0.1, 0.15) is 17.3 Å². The minimum Gasteiger partial charge on any atom is -0.329 e. The molecule has 2 aliphatic rings. The average molecular weight is 557 g/mol. The molecular weight excluding hydrogens is 532 g/mol. The second kappa shape index (κ2) is 10.4. The molecule has 11 heteroatoms. The molecule has 0 saturated carbocycles. The van der Waals surface area contributed by atoms with Crippen LogP contribution in [0.3, 0.4) is 0 Å². The van der Waals surface area contributed by atoms with E-state index in [-0.39, 0.29) is 36.4 Å². The highest BCUT2D eigenvalue weighted by atomic mass is 35.5. The first-order chi connectivity index (χ1) is 19.1. The maximum Gasteiger partial charge on any atom is 0.319 e. The number of amides is 5. The first-order valence-electron chi connectivity index (χ1n) is 12.6. The third kappa shape index (κ3) is 5.24. The molecule has 3 N–H and O–H groups in total. The van der Waals surface area contributed by atoms with Crippen molar-refractivity contribution in [3.63, 3.8) is 0 Å². The number of aromatic nitrogens is 1. The van der Waals surface area contributed by atoms with E-state index >= 15 is 0 Å². The molecule has 40 heavy (non-hydrogen) atoms. The summed E-state index contributed by atoms with van der Waals surface area (Å²) in [5.74, 6) is -1.08. The van der Waals surface area contributed by atoms with E-state index in [1.807, 2.05) is 44.2 Å². The second-order valence-corrected chi connectivity index (χ2v) is 10.6. The highest BCUT2D eigenvalue weighted by molar-refractivity contribution is 6.30. The number of nitrogens with zero attached hydrogens (tertiary/aromatic N) is 3. The highest BCUT2D eigenvalue weighted by Crippen LogP contribution is 2.30. The summed E-state index contributed by atoms with van der Waals surface area (Å²) in [6.45, 7) is 3.96. The molecule has 0 aliphatic carbocycles. The van der Waals surface area contributed by atoms with Crippen molar-refractivity contribution < 1.29 is 19.2 Å². The molecule has 5 rings (SSSR count). The van der Waals surface area contributed by atoms with Crippen LogP contribution in [0, 0.1) is 11.3 Å². The van der Waals surface area contributed by atoms with Crippen LogP contribution in [0.15, 0.2) is 54.7 Å². The molecule has 1 saturated heterocycles. The van der Waals surface area contributed by atoms with Crippen molar-refractivity contribution in [2.45, 2.75) is 44.8 Å². The Hall–Kier alpha value is -4.75. The van der Waals surface area contributed by atoms with E-state index < -0.39 is 23.5 Å². The first-order valence-corrected chi connectivity index (χ1v) is 13.0. The molecular formula is C29H25ClN6O4. The van der Waals surface area contributed by atoms with Crippen LogP contribution in [0.4, 0.5) is 10.5 Å². The summed E-state index contributed by atoms with van der Waals surface area (Å²) < 4.78 is 0. The Morgan fingerprint density at radius 1 is 1.12 bits per heavy atom. The monoisotopic (exact) mass is 556 g/mol. The summed E-state index contributed by atoms with van der Waals surface area (Å²) >= 11 is 5.94. The van der Waals surface area contributed by atoms with Gasteiger partial charge in [-0.15, -0.1) is 0 Å². The summed E-state index contributed by atoms with van der Waals surface area (Å²) in [5, 5.41) is 17.4. The molecule has 202 valence electrons. The molecule has 1 fully saturated rings. The van der Waals surface area contributed by atoms with Gasteiger partial charge >= 0.3 is 6.03 Å². The predicted molar refractivity (Wildman–Crippen MR) is 147 cm³/mol. The van der Waals surface area contributed by atoms with Crippen molar-refractivity contribution in [1.29, 1.82) is 5.26 Å². The number of nitrogens with one attached hydrogen (secondary N) is 3. The molecule has 1 atom stereocenters. The van der Waals surface area contributed by atoms with Gasteiger partial charge in [-0.1, -0.05) is 35.9 Å². The zero-order chi connectivity index (χ0) is 28.6. The highest BCUT2D eigenvalue weighted by Gasteiger charge is 2.39. The fourth-order valence-electron chi connectivity index (χ4n) is 4.93. The van der Waals surface area contributed by atoms with E-state index in [1.54, 1.807) is 30.5 Å². The van der Waals surface area contributed by atoms with Gasteiger partial charge in [-0.3, -0.25) is 19.7 Å². The lowest BCUT2D eigenvalue weighted by Crippen LogP contribution is -2.52. The van der Waals surface area contributed by atoms with E-state index in [1.165, 1.54) is 4.90 Å². The van der Waals surface area contributed by atoms with E-state index in [9.17, 15) is 24.4 Å². The van der Waals surface area contributed by atoms with E-state index in [2.05, 4.69) is 20.9 Å². The summed E-state index contributed by atoms with van der Waals surface area (Å²) in [5.41, 5.74) is 3.69. The van der Waals surface area contributed by atoms with E-state index in [0.29, 0.717) is 22.4 Å². The van der Waals surface area contributed by atoms with Crippen molar-refractivity contribution in [3.05, 3.63) is 82.1 Å². The van der Waals surface area contributed by atoms with E-state index in [4.69, 9.17) is 11.6 Å². The third-order valence-electron chi connectivity index (χ3n) is 7.11. The van der Waals surface area contributed by atoms with Crippen LogP contribution in [-0.4, -0.2) is 39.7 Å². The number of rotatable bonds is 5. The summed E-state index contributed by atoms with van der Waals surface area (Å²) in [4.78, 5) is 55.1. The number of imide groups is 1. The second-order valence-electron chi connectivity index (χ2n) is 10.2. The number of hydrogen-bond acceptors (Lipinski definition) is 6. The zero-order valence-electron chi connectivity index (χ0n) is 21.7. The van der Waals surface area contributed by atoms with Gasteiger partial charge in [-0.05, 0) is 61.2 Å². The number of urea groups is 1. The molecule has 1 unspecified atom stereocenters. The fraction of sp³-hybridized carbons (Fsp3) is 0.241. The Bertz CT molecular complexity index is 1590. The van der Waals surface area contributed by atoms with Crippen LogP contribution < -0.4 is 16.0 Å². The molecule has 0 bridgehead atoms. The average Bonchev–Trinajstić information content (AvgIpc) is 3.24. The number of nitriles is 1. The number of halogens is 1. The SMILES string of the molecule is CC(C)(NC(=O)Nc1ccc2c(c1)CN(C1CCC(=O)NC1=O)C2=O)c1ccc(-c2cnc(Cl)c(C#N)c2)cc1. The lowest BCUT2D eigenvalue weighted by molar-refractivity contribution is -0.136. The smallest absolute Gasteiger partial charge is 0.319 e. The molecule has 2 aliphatic heterocycles. The summed E-state index contributed by atoms with van der Waals surface area (Å²) in [7, 11) is 0. The normalized spacial score (nSPS) is 16.7. The van der Waals surface area contributed by atoms with Crippen LogP contribution in [0.2, 0.25) is 5.15 Å². The van der Waals surface area contributed by atoms with Crippen LogP contribution >= 0.6 is 11.6 Å².